The summed E-state index contributed by atoms with van der Waals surface area (Å²) < 4.78 is 10.3. The minimum Gasteiger partial charge on any atom is -0.472 e. The first-order chi connectivity index (χ1) is 11.4. The molecule has 0 unspecified atom stereocenters. The molecule has 24 heavy (non-hydrogen) atoms. The lowest BCUT2D eigenvalue weighted by molar-refractivity contribution is -0.139. The van der Waals surface area contributed by atoms with E-state index in [-0.39, 0.29) is 16.8 Å². The maximum atomic E-state index is 12.3. The minimum atomic E-state index is -0.182. The molecule has 4 atom stereocenters. The second kappa shape index (κ2) is 6.27. The number of aryl methyl sites for hydroxylation is 1. The van der Waals surface area contributed by atoms with Gasteiger partial charge in [-0.15, -0.1) is 0 Å². The molecule has 0 amide bonds. The van der Waals surface area contributed by atoms with Crippen molar-refractivity contribution in [2.24, 2.45) is 22.7 Å². The molecule has 1 fully saturated rings. The molecule has 0 bridgehead atoms. The van der Waals surface area contributed by atoms with Gasteiger partial charge in [0.05, 0.1) is 19.6 Å². The number of hydrogen-bond acceptors (Lipinski definition) is 3. The molecular weight excluding hydrogens is 300 g/mol. The molecule has 0 radical (unpaired) electrons. The van der Waals surface area contributed by atoms with Gasteiger partial charge in [-0.25, -0.2) is 4.79 Å². The summed E-state index contributed by atoms with van der Waals surface area (Å²) in [6.45, 7) is 7.00. The Balaban J connectivity index is 1.91. The number of fused-ring (bicyclic) bond motifs is 1. The number of methoxy groups -OCH3 is 1. The van der Waals surface area contributed by atoms with Crippen LogP contribution in [0.15, 0.2) is 46.8 Å². The van der Waals surface area contributed by atoms with Crippen molar-refractivity contribution in [3.63, 3.8) is 0 Å². The number of allylic oxidation sites excluding steroid dienone is 3. The Morgan fingerprint density at radius 2 is 2.21 bits per heavy atom. The third-order valence-electron chi connectivity index (χ3n) is 6.74. The number of rotatable bonds is 4. The predicted molar refractivity (Wildman–Crippen MR) is 94.4 cm³/mol. The van der Waals surface area contributed by atoms with Gasteiger partial charge in [0.25, 0.3) is 0 Å². The van der Waals surface area contributed by atoms with E-state index < -0.39 is 0 Å². The zero-order valence-corrected chi connectivity index (χ0v) is 15.2. The van der Waals surface area contributed by atoms with Crippen LogP contribution in [0.25, 0.3) is 0 Å². The number of carbonyl (C=O) groups is 1. The standard InChI is InChI=1S/C21H28O3/c1-15-8-11-21(3)17(19(22)23-4)6-5-7-18(21)20(15,2)12-9-16-10-13-24-14-16/h5-7,10,13-15,18H,8-9,11-12H2,1-4H3/t15-,18-,20-,21-/m1/s1. The van der Waals surface area contributed by atoms with Crippen LogP contribution in [-0.2, 0) is 16.0 Å². The van der Waals surface area contributed by atoms with Gasteiger partial charge in [-0.3, -0.25) is 0 Å². The van der Waals surface area contributed by atoms with Crippen LogP contribution < -0.4 is 0 Å². The van der Waals surface area contributed by atoms with Crippen molar-refractivity contribution in [3.8, 4) is 0 Å². The molecule has 0 spiro atoms. The van der Waals surface area contributed by atoms with Crippen LogP contribution >= 0.6 is 0 Å². The fourth-order valence-corrected chi connectivity index (χ4v) is 4.89. The summed E-state index contributed by atoms with van der Waals surface area (Å²) in [5.41, 5.74) is 2.09. The fraction of sp³-hybridized carbons (Fsp3) is 0.571. The summed E-state index contributed by atoms with van der Waals surface area (Å²) in [5, 5.41) is 0. The first-order valence-electron chi connectivity index (χ1n) is 8.90. The SMILES string of the molecule is COC(=O)C1=CC=C[C@@H]2[C@](C)(CCc3ccoc3)[C@H](C)CC[C@]12C. The van der Waals surface area contributed by atoms with Crippen LogP contribution in [0.2, 0.25) is 0 Å². The molecule has 0 N–H and O–H groups in total. The van der Waals surface area contributed by atoms with Crippen LogP contribution in [0.4, 0.5) is 0 Å². The Hall–Kier alpha value is -1.77. The molecule has 2 aliphatic carbocycles. The van der Waals surface area contributed by atoms with Crippen molar-refractivity contribution in [2.75, 3.05) is 7.11 Å². The number of furan rings is 1. The summed E-state index contributed by atoms with van der Waals surface area (Å²) in [5.74, 6) is 0.780. The molecule has 0 saturated heterocycles. The third kappa shape index (κ3) is 2.64. The molecule has 3 rings (SSSR count). The Bertz CT molecular complexity index is 655. The van der Waals surface area contributed by atoms with E-state index in [0.29, 0.717) is 11.8 Å². The quantitative estimate of drug-likeness (QED) is 0.735. The molecule has 130 valence electrons. The van der Waals surface area contributed by atoms with Crippen LogP contribution in [-0.4, -0.2) is 13.1 Å². The predicted octanol–water partition coefficient (Wildman–Crippen LogP) is 4.94. The first kappa shape index (κ1) is 17.1. The lowest BCUT2D eigenvalue weighted by Crippen LogP contribution is -2.50. The van der Waals surface area contributed by atoms with Gasteiger partial charge in [-0.1, -0.05) is 39.0 Å². The molecule has 1 heterocycles. The fourth-order valence-electron chi connectivity index (χ4n) is 4.89. The minimum absolute atomic E-state index is 0.139. The Kier molecular flexibility index (Phi) is 4.46. The molecular formula is C21H28O3. The first-order valence-corrected chi connectivity index (χ1v) is 8.90. The summed E-state index contributed by atoms with van der Waals surface area (Å²) >= 11 is 0. The van der Waals surface area contributed by atoms with E-state index in [1.54, 1.807) is 6.26 Å². The molecule has 1 aromatic heterocycles. The Morgan fingerprint density at radius 1 is 1.42 bits per heavy atom. The summed E-state index contributed by atoms with van der Waals surface area (Å²) in [7, 11) is 1.48. The van der Waals surface area contributed by atoms with E-state index in [4.69, 9.17) is 9.15 Å². The van der Waals surface area contributed by atoms with Gasteiger partial charge in [0.2, 0.25) is 0 Å². The van der Waals surface area contributed by atoms with Gasteiger partial charge in [0.1, 0.15) is 0 Å². The normalized spacial score (nSPS) is 35.2. The highest BCUT2D eigenvalue weighted by Gasteiger charge is 2.54. The highest BCUT2D eigenvalue weighted by atomic mass is 16.5. The Labute approximate surface area is 144 Å². The van der Waals surface area contributed by atoms with Gasteiger partial charge in [-0.2, -0.15) is 0 Å². The van der Waals surface area contributed by atoms with E-state index in [2.05, 4.69) is 26.8 Å². The Morgan fingerprint density at radius 3 is 2.88 bits per heavy atom. The van der Waals surface area contributed by atoms with E-state index >= 15 is 0 Å². The van der Waals surface area contributed by atoms with E-state index in [0.717, 1.165) is 31.3 Å². The van der Waals surface area contributed by atoms with E-state index in [1.807, 2.05) is 24.5 Å². The maximum Gasteiger partial charge on any atom is 0.334 e. The molecule has 0 aliphatic heterocycles. The number of esters is 1. The number of hydrogen-bond donors (Lipinski definition) is 0. The van der Waals surface area contributed by atoms with Crippen molar-refractivity contribution in [1.82, 2.24) is 0 Å². The van der Waals surface area contributed by atoms with Crippen molar-refractivity contribution < 1.29 is 13.9 Å². The molecule has 3 nitrogen and oxygen atoms in total. The monoisotopic (exact) mass is 328 g/mol. The highest BCUT2D eigenvalue weighted by Crippen LogP contribution is 2.60. The second-order valence-corrected chi connectivity index (χ2v) is 7.93. The van der Waals surface area contributed by atoms with Crippen molar-refractivity contribution in [2.45, 2.75) is 46.5 Å². The summed E-state index contributed by atoms with van der Waals surface area (Å²) in [4.78, 5) is 12.3. The lowest BCUT2D eigenvalue weighted by Gasteiger charge is -2.56. The smallest absolute Gasteiger partial charge is 0.334 e. The van der Waals surface area contributed by atoms with Gasteiger partial charge in [-0.05, 0) is 54.6 Å². The molecule has 1 saturated carbocycles. The average molecular weight is 328 g/mol. The van der Waals surface area contributed by atoms with Crippen molar-refractivity contribution in [3.05, 3.63) is 48.0 Å². The molecule has 0 aromatic carbocycles. The average Bonchev–Trinajstić information content (AvgIpc) is 3.09. The van der Waals surface area contributed by atoms with E-state index in [9.17, 15) is 4.79 Å². The highest BCUT2D eigenvalue weighted by molar-refractivity contribution is 5.90. The maximum absolute atomic E-state index is 12.3. The topological polar surface area (TPSA) is 39.4 Å². The van der Waals surface area contributed by atoms with Crippen LogP contribution in [0, 0.1) is 22.7 Å². The summed E-state index contributed by atoms with van der Waals surface area (Å²) in [6.07, 6.45) is 14.2. The van der Waals surface area contributed by atoms with Gasteiger partial charge in [0.15, 0.2) is 0 Å². The van der Waals surface area contributed by atoms with Crippen molar-refractivity contribution >= 4 is 5.97 Å². The van der Waals surface area contributed by atoms with Crippen LogP contribution in [0.3, 0.4) is 0 Å². The zero-order chi connectivity index (χ0) is 17.4. The third-order valence-corrected chi connectivity index (χ3v) is 6.74. The van der Waals surface area contributed by atoms with Gasteiger partial charge in [0, 0.05) is 11.0 Å². The lowest BCUT2D eigenvalue weighted by atomic mass is 9.48. The largest absolute Gasteiger partial charge is 0.472 e. The molecule has 3 heteroatoms. The van der Waals surface area contributed by atoms with Gasteiger partial charge >= 0.3 is 5.97 Å². The van der Waals surface area contributed by atoms with Crippen molar-refractivity contribution in [1.29, 1.82) is 0 Å². The zero-order valence-electron chi connectivity index (χ0n) is 15.2. The van der Waals surface area contributed by atoms with E-state index in [1.165, 1.54) is 12.7 Å². The van der Waals surface area contributed by atoms with Crippen LogP contribution in [0.5, 0.6) is 0 Å². The van der Waals surface area contributed by atoms with Gasteiger partial charge < -0.3 is 9.15 Å². The van der Waals surface area contributed by atoms with Crippen LogP contribution in [0.1, 0.15) is 45.6 Å². The molecule has 2 aliphatic rings. The molecule has 1 aromatic rings. The second-order valence-electron chi connectivity index (χ2n) is 7.93. The number of ether oxygens (including phenoxy) is 1. The number of carbonyl (C=O) groups excluding carboxylic acids is 1. The summed E-state index contributed by atoms with van der Waals surface area (Å²) in [6, 6.07) is 2.05.